The Bertz CT molecular complexity index is 911. The number of esters is 2. The molecule has 1 aliphatic heterocycles. The number of hydrogen-bond acceptors (Lipinski definition) is 4. The Hall–Kier alpha value is -3.14. The predicted molar refractivity (Wildman–Crippen MR) is 96.5 cm³/mol. The number of cyclic esters (lactones) is 2. The van der Waals surface area contributed by atoms with Crippen LogP contribution in [0.1, 0.15) is 23.5 Å². The van der Waals surface area contributed by atoms with Crippen molar-refractivity contribution in [2.75, 3.05) is 0 Å². The normalized spacial score (nSPS) is 27.5. The zero-order valence-corrected chi connectivity index (χ0v) is 14.1. The minimum Gasteiger partial charge on any atom is -0.508 e. The van der Waals surface area contributed by atoms with Crippen LogP contribution in [0.2, 0.25) is 0 Å². The Balaban J connectivity index is 2.03. The second-order valence-corrected chi connectivity index (χ2v) is 6.66. The van der Waals surface area contributed by atoms with E-state index >= 15 is 0 Å². The summed E-state index contributed by atoms with van der Waals surface area (Å²) in [6.07, 6.45) is 4.11. The summed E-state index contributed by atoms with van der Waals surface area (Å²) in [7, 11) is 0. The van der Waals surface area contributed by atoms with Gasteiger partial charge in [-0.2, -0.15) is 0 Å². The fraction of sp³-hybridized carbons (Fsp3) is 0.182. The Morgan fingerprint density at radius 2 is 1.77 bits per heavy atom. The van der Waals surface area contributed by atoms with Crippen LogP contribution in [-0.2, 0) is 19.7 Å². The van der Waals surface area contributed by atoms with Crippen LogP contribution < -0.4 is 0 Å². The number of hydrogen-bond donors (Lipinski definition) is 1. The smallest absolute Gasteiger partial charge is 0.326 e. The van der Waals surface area contributed by atoms with Crippen molar-refractivity contribution in [1.82, 2.24) is 0 Å². The van der Waals surface area contributed by atoms with E-state index in [-0.39, 0.29) is 5.75 Å². The summed E-state index contributed by atoms with van der Waals surface area (Å²) >= 11 is 0. The van der Waals surface area contributed by atoms with Gasteiger partial charge in [-0.05, 0) is 35.3 Å². The number of carbonyl (C=O) groups is 2. The third kappa shape index (κ3) is 2.15. The highest BCUT2D eigenvalue weighted by Gasteiger charge is 2.64. The van der Waals surface area contributed by atoms with Crippen LogP contribution in [-0.4, -0.2) is 17.0 Å². The largest absolute Gasteiger partial charge is 0.508 e. The lowest BCUT2D eigenvalue weighted by Crippen LogP contribution is -2.46. The summed E-state index contributed by atoms with van der Waals surface area (Å²) in [5.41, 5.74) is 1.33. The molecule has 2 aliphatic rings. The molecule has 4 heteroatoms. The molecule has 1 N–H and O–H groups in total. The van der Waals surface area contributed by atoms with Gasteiger partial charge in [0.15, 0.2) is 0 Å². The number of rotatable bonds is 3. The molecule has 0 spiro atoms. The van der Waals surface area contributed by atoms with Crippen LogP contribution in [0, 0.1) is 5.92 Å². The van der Waals surface area contributed by atoms with Gasteiger partial charge in [-0.1, -0.05) is 61.2 Å². The molecule has 1 saturated heterocycles. The fourth-order valence-corrected chi connectivity index (χ4v) is 4.33. The van der Waals surface area contributed by atoms with Crippen LogP contribution in [0.15, 0.2) is 78.9 Å². The second-order valence-electron chi connectivity index (χ2n) is 6.66. The molecule has 2 aromatic rings. The Labute approximate surface area is 151 Å². The molecule has 4 nitrogen and oxygen atoms in total. The first-order valence-electron chi connectivity index (χ1n) is 8.52. The fourth-order valence-electron chi connectivity index (χ4n) is 4.33. The number of phenols is 1. The Kier molecular flexibility index (Phi) is 3.76. The van der Waals surface area contributed by atoms with Gasteiger partial charge in [0.05, 0.1) is 5.92 Å². The van der Waals surface area contributed by atoms with Gasteiger partial charge in [0.2, 0.25) is 0 Å². The zero-order valence-electron chi connectivity index (χ0n) is 14.1. The van der Waals surface area contributed by atoms with Crippen molar-refractivity contribution in [2.24, 2.45) is 5.92 Å². The lowest BCUT2D eigenvalue weighted by Gasteiger charge is -2.41. The summed E-state index contributed by atoms with van der Waals surface area (Å²) in [6.45, 7) is 3.91. The van der Waals surface area contributed by atoms with E-state index in [1.165, 1.54) is 0 Å². The van der Waals surface area contributed by atoms with Crippen molar-refractivity contribution < 1.29 is 19.4 Å². The molecule has 4 rings (SSSR count). The molecule has 0 radical (unpaired) electrons. The molecule has 130 valence electrons. The maximum Gasteiger partial charge on any atom is 0.326 e. The first-order chi connectivity index (χ1) is 12.6. The van der Waals surface area contributed by atoms with Crippen molar-refractivity contribution in [3.63, 3.8) is 0 Å². The number of carbonyl (C=O) groups excluding carboxylic acids is 2. The summed E-state index contributed by atoms with van der Waals surface area (Å²) in [5.74, 6) is -1.86. The minimum atomic E-state index is -1.13. The molecule has 1 heterocycles. The van der Waals surface area contributed by atoms with Crippen molar-refractivity contribution in [1.29, 1.82) is 0 Å². The van der Waals surface area contributed by atoms with Crippen LogP contribution in [0.25, 0.3) is 0 Å². The monoisotopic (exact) mass is 346 g/mol. The number of aromatic hydroxyl groups is 1. The van der Waals surface area contributed by atoms with Gasteiger partial charge in [-0.3, -0.25) is 9.59 Å². The van der Waals surface area contributed by atoms with Gasteiger partial charge < -0.3 is 9.84 Å². The summed E-state index contributed by atoms with van der Waals surface area (Å²) in [4.78, 5) is 25.6. The lowest BCUT2D eigenvalue weighted by atomic mass is 9.56. The number of ether oxygens (including phenoxy) is 1. The molecule has 3 unspecified atom stereocenters. The second kappa shape index (κ2) is 5.99. The molecular formula is C22H18O4. The maximum atomic E-state index is 13.1. The van der Waals surface area contributed by atoms with E-state index < -0.39 is 29.2 Å². The van der Waals surface area contributed by atoms with Crippen molar-refractivity contribution in [3.8, 4) is 5.75 Å². The Morgan fingerprint density at radius 1 is 1.08 bits per heavy atom. The maximum absolute atomic E-state index is 13.1. The summed E-state index contributed by atoms with van der Waals surface area (Å²) < 4.78 is 5.14. The highest BCUT2D eigenvalue weighted by atomic mass is 16.6. The van der Waals surface area contributed by atoms with E-state index in [1.807, 2.05) is 36.4 Å². The van der Waals surface area contributed by atoms with Crippen LogP contribution in [0.4, 0.5) is 0 Å². The highest BCUT2D eigenvalue weighted by molar-refractivity contribution is 6.04. The van der Waals surface area contributed by atoms with E-state index in [4.69, 9.17) is 4.74 Å². The van der Waals surface area contributed by atoms with E-state index in [2.05, 4.69) is 6.58 Å². The van der Waals surface area contributed by atoms with Crippen LogP contribution in [0.3, 0.4) is 0 Å². The molecule has 26 heavy (non-hydrogen) atoms. The molecule has 0 bridgehead atoms. The standard InChI is InChI=1S/C22H18O4/c1-2-14-10-13-18-20(24)26-21(25)22(18,16-6-4-3-5-7-16)19(14)15-8-11-17(23)12-9-15/h2-12,18-19,23H,1,13H2. The third-order valence-corrected chi connectivity index (χ3v) is 5.46. The minimum absolute atomic E-state index is 0.143. The van der Waals surface area contributed by atoms with E-state index in [0.717, 1.165) is 16.7 Å². The average molecular weight is 346 g/mol. The van der Waals surface area contributed by atoms with E-state index in [0.29, 0.717) is 6.42 Å². The van der Waals surface area contributed by atoms with Crippen LogP contribution in [0.5, 0.6) is 5.75 Å². The Morgan fingerprint density at radius 3 is 2.42 bits per heavy atom. The van der Waals surface area contributed by atoms with Gasteiger partial charge in [-0.15, -0.1) is 0 Å². The number of fused-ring (bicyclic) bond motifs is 1. The van der Waals surface area contributed by atoms with Crippen molar-refractivity contribution in [3.05, 3.63) is 90.0 Å². The lowest BCUT2D eigenvalue weighted by molar-refractivity contribution is -0.154. The topological polar surface area (TPSA) is 63.6 Å². The molecule has 3 atom stereocenters. The average Bonchev–Trinajstić information content (AvgIpc) is 2.93. The quantitative estimate of drug-likeness (QED) is 0.681. The zero-order chi connectivity index (χ0) is 18.3. The first kappa shape index (κ1) is 16.3. The molecular weight excluding hydrogens is 328 g/mol. The molecule has 0 amide bonds. The van der Waals surface area contributed by atoms with Gasteiger partial charge in [0, 0.05) is 5.92 Å². The van der Waals surface area contributed by atoms with Crippen molar-refractivity contribution >= 4 is 11.9 Å². The third-order valence-electron chi connectivity index (χ3n) is 5.46. The van der Waals surface area contributed by atoms with Crippen molar-refractivity contribution in [2.45, 2.75) is 17.8 Å². The highest BCUT2D eigenvalue weighted by Crippen LogP contribution is 2.56. The molecule has 2 aromatic carbocycles. The van der Waals surface area contributed by atoms with Gasteiger partial charge >= 0.3 is 11.9 Å². The molecule has 1 fully saturated rings. The van der Waals surface area contributed by atoms with Gasteiger partial charge in [0.25, 0.3) is 0 Å². The summed E-state index contributed by atoms with van der Waals surface area (Å²) in [6, 6.07) is 16.0. The van der Waals surface area contributed by atoms with Crippen LogP contribution >= 0.6 is 0 Å². The molecule has 1 aliphatic carbocycles. The molecule has 0 saturated carbocycles. The molecule has 0 aromatic heterocycles. The number of benzene rings is 2. The van der Waals surface area contributed by atoms with Gasteiger partial charge in [0.1, 0.15) is 11.2 Å². The first-order valence-corrected chi connectivity index (χ1v) is 8.52. The number of allylic oxidation sites excluding steroid dienone is 3. The predicted octanol–water partition coefficient (Wildman–Crippen LogP) is 3.63. The summed E-state index contributed by atoms with van der Waals surface area (Å²) in [5, 5.41) is 9.66. The SMILES string of the molecule is C=CC1=CCC2C(=O)OC(=O)C2(c2ccccc2)C1c1ccc(O)cc1. The van der Waals surface area contributed by atoms with E-state index in [9.17, 15) is 14.7 Å². The number of phenolic OH excluding ortho intramolecular Hbond substituents is 1. The van der Waals surface area contributed by atoms with E-state index in [1.54, 1.807) is 30.3 Å². The van der Waals surface area contributed by atoms with Gasteiger partial charge in [-0.25, -0.2) is 0 Å².